The molecule has 1 fully saturated rings. The van der Waals surface area contributed by atoms with Crippen LogP contribution in [0.25, 0.3) is 11.3 Å². The topological polar surface area (TPSA) is 106 Å². The van der Waals surface area contributed by atoms with Gasteiger partial charge in [0.1, 0.15) is 5.82 Å². The van der Waals surface area contributed by atoms with Gasteiger partial charge in [0.15, 0.2) is 5.69 Å². The van der Waals surface area contributed by atoms with Crippen LogP contribution < -0.4 is 10.0 Å². The van der Waals surface area contributed by atoms with Gasteiger partial charge in [0.2, 0.25) is 11.9 Å². The van der Waals surface area contributed by atoms with Crippen molar-refractivity contribution in [3.8, 4) is 11.3 Å². The van der Waals surface area contributed by atoms with Crippen LogP contribution in [0.4, 0.5) is 24.9 Å². The number of pyridine rings is 1. The molecule has 0 aliphatic heterocycles. The first-order valence-electron chi connectivity index (χ1n) is 10.2. The molecule has 8 nitrogen and oxygen atoms in total. The first kappa shape index (κ1) is 22.9. The molecule has 1 aliphatic rings. The lowest BCUT2D eigenvalue weighted by Gasteiger charge is -2.15. The zero-order chi connectivity index (χ0) is 23.4. The van der Waals surface area contributed by atoms with Gasteiger partial charge >= 0.3 is 6.18 Å². The number of alkyl halides is 3. The predicted octanol–water partition coefficient (Wildman–Crippen LogP) is 4.70. The number of hydrogen-bond acceptors (Lipinski definition) is 8. The van der Waals surface area contributed by atoms with E-state index in [4.69, 9.17) is 0 Å². The van der Waals surface area contributed by atoms with Gasteiger partial charge < -0.3 is 5.32 Å². The molecule has 3 aromatic heterocycles. The Labute approximate surface area is 192 Å². The third-order valence-corrected chi connectivity index (χ3v) is 5.94. The number of nitrogens with zero attached hydrogens (tertiary/aromatic N) is 5. The summed E-state index contributed by atoms with van der Waals surface area (Å²) in [5, 5.41) is 3.32. The maximum Gasteiger partial charge on any atom is 0.434 e. The van der Waals surface area contributed by atoms with Crippen molar-refractivity contribution in [2.45, 2.75) is 43.5 Å². The molecule has 0 aromatic carbocycles. The summed E-state index contributed by atoms with van der Waals surface area (Å²) in [6.07, 6.45) is 3.09. The average Bonchev–Trinajstić information content (AvgIpc) is 3.63. The fourth-order valence-electron chi connectivity index (χ4n) is 2.94. The number of carbonyl (C=O) groups excluding carboxylic acids is 1. The Morgan fingerprint density at radius 1 is 1.15 bits per heavy atom. The molecule has 12 heteroatoms. The molecule has 1 atom stereocenters. The van der Waals surface area contributed by atoms with E-state index < -0.39 is 17.8 Å². The summed E-state index contributed by atoms with van der Waals surface area (Å²) in [4.78, 5) is 32.8. The standard InChI is InChI=1S/C21H20F3N7OS/c1-2-14(15-7-8-26-20(29-15)31-33-13-4-5-13)19(32)30-18-6-3-12(9-27-18)16-10-25-11-17(28-16)21(22,23)24/h3,6-11,13-14H,2,4-5H2,1H3,(H,26,29,31)(H,27,30,32). The van der Waals surface area contributed by atoms with E-state index in [-0.39, 0.29) is 17.4 Å². The van der Waals surface area contributed by atoms with Crippen molar-refractivity contribution in [2.75, 3.05) is 10.0 Å². The van der Waals surface area contributed by atoms with E-state index >= 15 is 0 Å². The number of carbonyl (C=O) groups is 1. The molecule has 1 aliphatic carbocycles. The van der Waals surface area contributed by atoms with Crippen LogP contribution in [0.3, 0.4) is 0 Å². The molecule has 2 N–H and O–H groups in total. The number of anilines is 2. The molecule has 0 bridgehead atoms. The molecule has 1 unspecified atom stereocenters. The molecule has 0 saturated heterocycles. The first-order chi connectivity index (χ1) is 15.8. The Morgan fingerprint density at radius 3 is 2.64 bits per heavy atom. The lowest BCUT2D eigenvalue weighted by atomic mass is 10.0. The van der Waals surface area contributed by atoms with Crippen LogP contribution in [0.2, 0.25) is 0 Å². The fourth-order valence-corrected chi connectivity index (χ4v) is 3.68. The van der Waals surface area contributed by atoms with Crippen LogP contribution in [-0.2, 0) is 11.0 Å². The third-order valence-electron chi connectivity index (χ3n) is 4.84. The monoisotopic (exact) mass is 475 g/mol. The number of aromatic nitrogens is 5. The molecular formula is C21H20F3N7OS. The van der Waals surface area contributed by atoms with Crippen molar-refractivity contribution in [3.63, 3.8) is 0 Å². The van der Waals surface area contributed by atoms with Gasteiger partial charge in [-0.15, -0.1) is 0 Å². The summed E-state index contributed by atoms with van der Waals surface area (Å²) < 4.78 is 41.7. The Bertz CT molecular complexity index is 1120. The van der Waals surface area contributed by atoms with Gasteiger partial charge in [-0.3, -0.25) is 14.5 Å². The van der Waals surface area contributed by atoms with E-state index in [0.29, 0.717) is 35.1 Å². The van der Waals surface area contributed by atoms with Crippen molar-refractivity contribution in [3.05, 3.63) is 54.4 Å². The quantitative estimate of drug-likeness (QED) is 0.452. The minimum Gasteiger partial charge on any atom is -0.310 e. The van der Waals surface area contributed by atoms with Crippen molar-refractivity contribution in [1.82, 2.24) is 24.9 Å². The van der Waals surface area contributed by atoms with Crippen LogP contribution in [-0.4, -0.2) is 36.1 Å². The van der Waals surface area contributed by atoms with Gasteiger partial charge in [0, 0.05) is 23.2 Å². The number of amides is 1. The Balaban J connectivity index is 1.44. The van der Waals surface area contributed by atoms with E-state index in [1.54, 1.807) is 24.2 Å². The Morgan fingerprint density at radius 2 is 1.97 bits per heavy atom. The molecule has 0 radical (unpaired) electrons. The second-order valence-electron chi connectivity index (χ2n) is 7.39. The molecule has 3 heterocycles. The second kappa shape index (κ2) is 9.69. The summed E-state index contributed by atoms with van der Waals surface area (Å²) in [5.41, 5.74) is -0.123. The normalized spacial score (nSPS) is 14.5. The first-order valence-corrected chi connectivity index (χ1v) is 11.1. The van der Waals surface area contributed by atoms with Crippen LogP contribution >= 0.6 is 11.9 Å². The van der Waals surface area contributed by atoms with Crippen molar-refractivity contribution >= 4 is 29.6 Å². The van der Waals surface area contributed by atoms with Gasteiger partial charge in [-0.2, -0.15) is 13.2 Å². The summed E-state index contributed by atoms with van der Waals surface area (Å²) in [5.74, 6) is -0.0921. The van der Waals surface area contributed by atoms with Crippen molar-refractivity contribution in [2.24, 2.45) is 0 Å². The summed E-state index contributed by atoms with van der Waals surface area (Å²) >= 11 is 1.58. The van der Waals surface area contributed by atoms with E-state index in [9.17, 15) is 18.0 Å². The minimum absolute atomic E-state index is 0.0340. The minimum atomic E-state index is -4.59. The Kier molecular flexibility index (Phi) is 6.72. The van der Waals surface area contributed by atoms with Crippen LogP contribution in [0, 0.1) is 0 Å². The lowest BCUT2D eigenvalue weighted by Crippen LogP contribution is -2.22. The number of halogens is 3. The smallest absolute Gasteiger partial charge is 0.310 e. The maximum absolute atomic E-state index is 12.9. The number of hydrogen-bond donors (Lipinski definition) is 2. The summed E-state index contributed by atoms with van der Waals surface area (Å²) in [6, 6.07) is 4.72. The molecule has 1 saturated carbocycles. The van der Waals surface area contributed by atoms with Crippen molar-refractivity contribution in [1.29, 1.82) is 0 Å². The third kappa shape index (κ3) is 5.95. The van der Waals surface area contributed by atoms with Crippen molar-refractivity contribution < 1.29 is 18.0 Å². The molecule has 3 aromatic rings. The SMILES string of the molecule is CCC(C(=O)Nc1ccc(-c2cncc(C(F)(F)F)n2)cn1)c1ccnc(NSC2CC2)n1. The molecule has 1 amide bonds. The van der Waals surface area contributed by atoms with Crippen LogP contribution in [0.15, 0.2) is 43.0 Å². The van der Waals surface area contributed by atoms with E-state index in [0.717, 1.165) is 0 Å². The maximum atomic E-state index is 12.9. The van der Waals surface area contributed by atoms with Crippen LogP contribution in [0.5, 0.6) is 0 Å². The summed E-state index contributed by atoms with van der Waals surface area (Å²) in [6.45, 7) is 1.88. The van der Waals surface area contributed by atoms with Gasteiger partial charge in [-0.1, -0.05) is 6.92 Å². The molecule has 172 valence electrons. The highest BCUT2D eigenvalue weighted by Gasteiger charge is 2.33. The second-order valence-corrected chi connectivity index (χ2v) is 8.50. The predicted molar refractivity (Wildman–Crippen MR) is 118 cm³/mol. The zero-order valence-electron chi connectivity index (χ0n) is 17.5. The molecule has 33 heavy (non-hydrogen) atoms. The van der Waals surface area contributed by atoms with Gasteiger partial charge in [0.25, 0.3) is 0 Å². The largest absolute Gasteiger partial charge is 0.434 e. The molecular weight excluding hydrogens is 455 g/mol. The van der Waals surface area contributed by atoms with Gasteiger partial charge in [0.05, 0.1) is 29.7 Å². The van der Waals surface area contributed by atoms with Crippen LogP contribution in [0.1, 0.15) is 43.5 Å². The Hall–Kier alpha value is -3.28. The molecule has 4 rings (SSSR count). The fraction of sp³-hybridized carbons (Fsp3) is 0.333. The highest BCUT2D eigenvalue weighted by molar-refractivity contribution is 8.01. The zero-order valence-corrected chi connectivity index (χ0v) is 18.3. The van der Waals surface area contributed by atoms with E-state index in [2.05, 4.69) is 35.0 Å². The lowest BCUT2D eigenvalue weighted by molar-refractivity contribution is -0.141. The summed E-state index contributed by atoms with van der Waals surface area (Å²) in [7, 11) is 0. The van der Waals surface area contributed by atoms with E-state index in [1.165, 1.54) is 37.4 Å². The van der Waals surface area contributed by atoms with Gasteiger partial charge in [-0.25, -0.2) is 19.9 Å². The molecule has 0 spiro atoms. The highest BCUT2D eigenvalue weighted by atomic mass is 32.2. The average molecular weight is 476 g/mol. The number of nitrogens with one attached hydrogen (secondary N) is 2. The number of rotatable bonds is 8. The highest BCUT2D eigenvalue weighted by Crippen LogP contribution is 2.34. The van der Waals surface area contributed by atoms with E-state index in [1.807, 2.05) is 6.92 Å². The van der Waals surface area contributed by atoms with Gasteiger partial charge in [-0.05, 0) is 49.4 Å².